The molecule has 162 valence electrons. The largest absolute Gasteiger partial charge is 0.493 e. The number of halogens is 1. The van der Waals surface area contributed by atoms with Crippen molar-refractivity contribution in [3.8, 4) is 11.5 Å². The molecule has 0 saturated carbocycles. The minimum Gasteiger partial charge on any atom is -0.493 e. The minimum atomic E-state index is -0.0973. The van der Waals surface area contributed by atoms with Gasteiger partial charge in [0.15, 0.2) is 16.7 Å². The third-order valence-corrected chi connectivity index (χ3v) is 6.54. The number of hydrogen-bond donors (Lipinski definition) is 0. The monoisotopic (exact) mass is 508 g/mol. The number of aliphatic imine (C=N–C) groups is 1. The Hall–Kier alpha value is -3.03. The van der Waals surface area contributed by atoms with Gasteiger partial charge in [0.05, 0.1) is 17.7 Å². The fourth-order valence-electron chi connectivity index (χ4n) is 3.07. The fraction of sp³-hybridized carbons (Fsp3) is 0.120. The first-order chi connectivity index (χ1) is 15.5. The summed E-state index contributed by atoms with van der Waals surface area (Å²) in [5.74, 6) is 1.12. The van der Waals surface area contributed by atoms with Crippen LogP contribution in [0.3, 0.4) is 0 Å². The van der Waals surface area contributed by atoms with Crippen LogP contribution in [0.25, 0.3) is 6.08 Å². The van der Waals surface area contributed by atoms with Gasteiger partial charge in [-0.15, -0.1) is 0 Å². The number of amidine groups is 1. The number of ether oxygens (including phenoxy) is 2. The van der Waals surface area contributed by atoms with Gasteiger partial charge in [0.1, 0.15) is 6.61 Å². The summed E-state index contributed by atoms with van der Waals surface area (Å²) in [6.45, 7) is 0.433. The van der Waals surface area contributed by atoms with Crippen LogP contribution in [0, 0.1) is 0 Å². The number of benzene rings is 3. The van der Waals surface area contributed by atoms with E-state index in [1.807, 2.05) is 78.9 Å². The van der Waals surface area contributed by atoms with E-state index in [1.54, 1.807) is 19.1 Å². The number of para-hydroxylation sites is 1. The molecule has 0 atom stereocenters. The van der Waals surface area contributed by atoms with Crippen LogP contribution in [0.15, 0.2) is 87.2 Å². The lowest BCUT2D eigenvalue weighted by Gasteiger charge is -2.13. The third-order valence-electron chi connectivity index (χ3n) is 4.79. The first-order valence-electron chi connectivity index (χ1n) is 9.91. The molecular formula is C25H21BrN2O3S. The second-order valence-corrected chi connectivity index (χ2v) is 8.87. The Morgan fingerprint density at radius 2 is 1.72 bits per heavy atom. The quantitative estimate of drug-likeness (QED) is 0.368. The van der Waals surface area contributed by atoms with Gasteiger partial charge in [0.25, 0.3) is 5.91 Å². The molecule has 1 aliphatic rings. The van der Waals surface area contributed by atoms with Gasteiger partial charge < -0.3 is 9.47 Å². The van der Waals surface area contributed by atoms with Crippen molar-refractivity contribution < 1.29 is 14.3 Å². The topological polar surface area (TPSA) is 51.1 Å². The minimum absolute atomic E-state index is 0.0973. The lowest BCUT2D eigenvalue weighted by atomic mass is 10.1. The Labute approximate surface area is 199 Å². The van der Waals surface area contributed by atoms with Crippen molar-refractivity contribution >= 4 is 50.5 Å². The molecule has 4 rings (SSSR count). The number of amides is 1. The van der Waals surface area contributed by atoms with E-state index in [0.29, 0.717) is 28.2 Å². The highest BCUT2D eigenvalue weighted by Crippen LogP contribution is 2.38. The van der Waals surface area contributed by atoms with Crippen LogP contribution in [0.2, 0.25) is 0 Å². The van der Waals surface area contributed by atoms with E-state index in [2.05, 4.69) is 20.9 Å². The predicted molar refractivity (Wildman–Crippen MR) is 133 cm³/mol. The van der Waals surface area contributed by atoms with Gasteiger partial charge in [-0.3, -0.25) is 9.69 Å². The second kappa shape index (κ2) is 10.1. The van der Waals surface area contributed by atoms with Crippen LogP contribution in [-0.4, -0.2) is 30.1 Å². The van der Waals surface area contributed by atoms with Crippen molar-refractivity contribution in [2.24, 2.45) is 4.99 Å². The Balaban J connectivity index is 1.58. The number of carbonyl (C=O) groups is 1. The van der Waals surface area contributed by atoms with Crippen LogP contribution in [0.1, 0.15) is 11.1 Å². The van der Waals surface area contributed by atoms with Crippen LogP contribution < -0.4 is 9.47 Å². The van der Waals surface area contributed by atoms with E-state index in [1.165, 1.54) is 11.8 Å². The zero-order valence-electron chi connectivity index (χ0n) is 17.6. The van der Waals surface area contributed by atoms with Crippen molar-refractivity contribution in [1.29, 1.82) is 0 Å². The first kappa shape index (κ1) is 22.2. The van der Waals surface area contributed by atoms with Gasteiger partial charge >= 0.3 is 0 Å². The Morgan fingerprint density at radius 1 is 1.03 bits per heavy atom. The number of likely N-dealkylation sites (N-methyl/N-ethyl adjacent to an activating group) is 1. The Morgan fingerprint density at radius 3 is 2.41 bits per heavy atom. The lowest BCUT2D eigenvalue weighted by Crippen LogP contribution is -2.23. The van der Waals surface area contributed by atoms with Gasteiger partial charge in [0.2, 0.25) is 0 Å². The molecule has 1 aliphatic heterocycles. The summed E-state index contributed by atoms with van der Waals surface area (Å²) >= 11 is 4.95. The van der Waals surface area contributed by atoms with E-state index in [9.17, 15) is 4.79 Å². The van der Waals surface area contributed by atoms with E-state index in [0.717, 1.165) is 21.3 Å². The molecule has 32 heavy (non-hydrogen) atoms. The highest BCUT2D eigenvalue weighted by molar-refractivity contribution is 9.10. The normalized spacial score (nSPS) is 16.1. The van der Waals surface area contributed by atoms with E-state index in [4.69, 9.17) is 9.47 Å². The molecule has 1 heterocycles. The van der Waals surface area contributed by atoms with Crippen molar-refractivity contribution in [1.82, 2.24) is 4.90 Å². The molecule has 0 spiro atoms. The van der Waals surface area contributed by atoms with Crippen LogP contribution in [0.5, 0.6) is 11.5 Å². The Bertz CT molecular complexity index is 1180. The molecule has 0 radical (unpaired) electrons. The van der Waals surface area contributed by atoms with E-state index < -0.39 is 0 Å². The average molecular weight is 509 g/mol. The number of hydrogen-bond acceptors (Lipinski definition) is 5. The SMILES string of the molecule is COc1cc(/C=C2/SC(=Nc3ccccc3)N(C)C2=O)c(Br)cc1OCc1ccccc1. The number of rotatable bonds is 6. The predicted octanol–water partition coefficient (Wildman–Crippen LogP) is 6.27. The molecule has 3 aromatic rings. The third kappa shape index (κ3) is 5.06. The maximum atomic E-state index is 12.8. The highest BCUT2D eigenvalue weighted by Gasteiger charge is 2.30. The number of carbonyl (C=O) groups excluding carboxylic acids is 1. The molecule has 5 nitrogen and oxygen atoms in total. The fourth-order valence-corrected chi connectivity index (χ4v) is 4.49. The number of thioether (sulfide) groups is 1. The zero-order valence-corrected chi connectivity index (χ0v) is 20.0. The molecule has 1 fully saturated rings. The molecule has 0 aliphatic carbocycles. The molecule has 7 heteroatoms. The first-order valence-corrected chi connectivity index (χ1v) is 11.5. The maximum Gasteiger partial charge on any atom is 0.266 e. The second-order valence-electron chi connectivity index (χ2n) is 7.00. The van der Waals surface area contributed by atoms with Crippen LogP contribution in [0.4, 0.5) is 5.69 Å². The molecule has 3 aromatic carbocycles. The van der Waals surface area contributed by atoms with Gasteiger partial charge in [-0.05, 0) is 53.2 Å². The average Bonchev–Trinajstić information content (AvgIpc) is 3.08. The molecular weight excluding hydrogens is 488 g/mol. The molecule has 0 aromatic heterocycles. The van der Waals surface area contributed by atoms with Crippen molar-refractivity contribution in [2.75, 3.05) is 14.2 Å². The standard InChI is InChI=1S/C25H21BrN2O3S/c1-28-24(29)23(32-25(28)27-19-11-7-4-8-12-19)14-18-13-21(30-2)22(15-20(18)26)31-16-17-9-5-3-6-10-17/h3-15H,16H2,1-2H3/b23-14+,27-25?. The summed E-state index contributed by atoms with van der Waals surface area (Å²) in [5, 5.41) is 0.637. The van der Waals surface area contributed by atoms with Gasteiger partial charge in [-0.25, -0.2) is 4.99 Å². The van der Waals surface area contributed by atoms with E-state index >= 15 is 0 Å². The summed E-state index contributed by atoms with van der Waals surface area (Å²) in [6, 6.07) is 23.2. The summed E-state index contributed by atoms with van der Waals surface area (Å²) in [7, 11) is 3.33. The molecule has 0 unspecified atom stereocenters. The molecule has 0 N–H and O–H groups in total. The Kier molecular flexibility index (Phi) is 6.97. The summed E-state index contributed by atoms with van der Waals surface area (Å²) in [6.07, 6.45) is 1.84. The van der Waals surface area contributed by atoms with Crippen molar-refractivity contribution in [3.63, 3.8) is 0 Å². The van der Waals surface area contributed by atoms with Crippen LogP contribution >= 0.6 is 27.7 Å². The molecule has 0 bridgehead atoms. The van der Waals surface area contributed by atoms with Crippen molar-refractivity contribution in [3.05, 3.63) is 93.3 Å². The number of methoxy groups -OCH3 is 1. The zero-order chi connectivity index (χ0) is 22.5. The maximum absolute atomic E-state index is 12.8. The smallest absolute Gasteiger partial charge is 0.266 e. The summed E-state index contributed by atoms with van der Waals surface area (Å²) in [4.78, 5) is 19.5. The van der Waals surface area contributed by atoms with Gasteiger partial charge in [-0.1, -0.05) is 64.5 Å². The van der Waals surface area contributed by atoms with Crippen LogP contribution in [-0.2, 0) is 11.4 Å². The molecule has 1 amide bonds. The van der Waals surface area contributed by atoms with Gasteiger partial charge in [-0.2, -0.15) is 0 Å². The summed E-state index contributed by atoms with van der Waals surface area (Å²) < 4.78 is 12.3. The summed E-state index contributed by atoms with van der Waals surface area (Å²) in [5.41, 5.74) is 2.69. The van der Waals surface area contributed by atoms with Gasteiger partial charge in [0, 0.05) is 11.5 Å². The van der Waals surface area contributed by atoms with E-state index in [-0.39, 0.29) is 5.91 Å². The van der Waals surface area contributed by atoms with Crippen molar-refractivity contribution in [2.45, 2.75) is 6.61 Å². The molecule has 1 saturated heterocycles. The highest BCUT2D eigenvalue weighted by atomic mass is 79.9. The number of nitrogens with zero attached hydrogens (tertiary/aromatic N) is 2. The lowest BCUT2D eigenvalue weighted by molar-refractivity contribution is -0.121.